The first-order valence-electron chi connectivity index (χ1n) is 6.77. The number of hydrogen-bond donors (Lipinski definition) is 0. The van der Waals surface area contributed by atoms with Crippen LogP contribution in [0.15, 0.2) is 54.6 Å². The Labute approximate surface area is 133 Å². The van der Waals surface area contributed by atoms with E-state index < -0.39 is 11.8 Å². The van der Waals surface area contributed by atoms with Crippen LogP contribution in [-0.4, -0.2) is 18.4 Å². The predicted octanol–water partition coefficient (Wildman–Crippen LogP) is 3.42. The summed E-state index contributed by atoms with van der Waals surface area (Å²) < 4.78 is 10.3. The van der Waals surface area contributed by atoms with E-state index >= 15 is 0 Å². The second-order valence-corrected chi connectivity index (χ2v) is 4.97. The van der Waals surface area contributed by atoms with Crippen molar-refractivity contribution < 1.29 is 19.1 Å². The number of benzene rings is 2. The van der Waals surface area contributed by atoms with Gasteiger partial charge in [-0.25, -0.2) is 4.79 Å². The topological polar surface area (TPSA) is 52.6 Å². The summed E-state index contributed by atoms with van der Waals surface area (Å²) >= 11 is 5.75. The molecule has 0 saturated heterocycles. The highest BCUT2D eigenvalue weighted by Crippen LogP contribution is 2.15. The zero-order valence-corrected chi connectivity index (χ0v) is 12.6. The Morgan fingerprint density at radius 1 is 0.955 bits per heavy atom. The van der Waals surface area contributed by atoms with Crippen molar-refractivity contribution in [1.29, 1.82) is 0 Å². The summed E-state index contributed by atoms with van der Waals surface area (Å²) in [6, 6.07) is 15.9. The van der Waals surface area contributed by atoms with Crippen molar-refractivity contribution >= 4 is 23.4 Å². The van der Waals surface area contributed by atoms with E-state index in [-0.39, 0.29) is 19.6 Å². The minimum Gasteiger partial charge on any atom is -0.493 e. The number of carbonyl (C=O) groups excluding carboxylic acids is 2. The molecule has 0 aliphatic carbocycles. The highest BCUT2D eigenvalue weighted by atomic mass is 35.5. The first-order chi connectivity index (χ1) is 10.6. The van der Waals surface area contributed by atoms with Gasteiger partial charge in [0.25, 0.3) is 0 Å². The van der Waals surface area contributed by atoms with Crippen LogP contribution in [-0.2, 0) is 20.9 Å². The molecule has 4 nitrogen and oxygen atoms in total. The molecule has 2 aromatic rings. The number of ketones is 1. The van der Waals surface area contributed by atoms with E-state index in [1.165, 1.54) is 0 Å². The molecule has 0 N–H and O–H groups in total. The van der Waals surface area contributed by atoms with E-state index in [2.05, 4.69) is 0 Å². The van der Waals surface area contributed by atoms with Gasteiger partial charge in [-0.05, 0) is 29.8 Å². The minimum absolute atomic E-state index is 0.0315. The number of rotatable bonds is 7. The van der Waals surface area contributed by atoms with Gasteiger partial charge in [-0.1, -0.05) is 41.9 Å². The molecule has 0 unspecified atom stereocenters. The summed E-state index contributed by atoms with van der Waals surface area (Å²) in [6.07, 6.45) is -0.0315. The van der Waals surface area contributed by atoms with E-state index in [1.807, 2.05) is 30.3 Å². The van der Waals surface area contributed by atoms with Crippen LogP contribution in [0.2, 0.25) is 5.02 Å². The molecule has 0 spiro atoms. The summed E-state index contributed by atoms with van der Waals surface area (Å²) in [4.78, 5) is 23.2. The molecule has 22 heavy (non-hydrogen) atoms. The molecular formula is C17H15ClO4. The second kappa shape index (κ2) is 8.20. The van der Waals surface area contributed by atoms with Gasteiger partial charge < -0.3 is 9.47 Å². The molecule has 0 amide bonds. The molecule has 0 atom stereocenters. The minimum atomic E-state index is -0.844. The lowest BCUT2D eigenvalue weighted by Gasteiger charge is -2.06. The van der Waals surface area contributed by atoms with Gasteiger partial charge in [0.1, 0.15) is 12.4 Å². The van der Waals surface area contributed by atoms with Crippen molar-refractivity contribution in [2.45, 2.75) is 13.0 Å². The normalized spacial score (nSPS) is 10.0. The molecule has 0 aromatic heterocycles. The molecule has 0 aliphatic heterocycles. The molecule has 114 valence electrons. The molecule has 0 saturated carbocycles. The third-order valence-electron chi connectivity index (χ3n) is 2.85. The third-order valence-corrected chi connectivity index (χ3v) is 3.10. The monoisotopic (exact) mass is 318 g/mol. The molecule has 0 aliphatic rings. The third kappa shape index (κ3) is 5.22. The van der Waals surface area contributed by atoms with Crippen LogP contribution in [0.25, 0.3) is 0 Å². The van der Waals surface area contributed by atoms with Gasteiger partial charge in [-0.15, -0.1) is 0 Å². The van der Waals surface area contributed by atoms with E-state index in [0.29, 0.717) is 10.8 Å². The molecule has 2 rings (SSSR count). The largest absolute Gasteiger partial charge is 0.493 e. The Morgan fingerprint density at radius 3 is 2.32 bits per heavy atom. The SMILES string of the molecule is O=C(CCOc1ccc(Cl)cc1)C(=O)OCc1ccccc1. The van der Waals surface area contributed by atoms with Crippen LogP contribution in [0.1, 0.15) is 12.0 Å². The fourth-order valence-corrected chi connectivity index (χ4v) is 1.82. The Morgan fingerprint density at radius 2 is 1.64 bits per heavy atom. The average Bonchev–Trinajstić information content (AvgIpc) is 2.55. The van der Waals surface area contributed by atoms with Crippen molar-refractivity contribution in [1.82, 2.24) is 0 Å². The molecular weight excluding hydrogens is 304 g/mol. The lowest BCUT2D eigenvalue weighted by molar-refractivity contribution is -0.155. The number of halogens is 1. The number of ether oxygens (including phenoxy) is 2. The van der Waals surface area contributed by atoms with Crippen molar-refractivity contribution in [2.75, 3.05) is 6.61 Å². The summed E-state index contributed by atoms with van der Waals surface area (Å²) in [6.45, 7) is 0.199. The number of esters is 1. The molecule has 0 bridgehead atoms. The van der Waals surface area contributed by atoms with Crippen LogP contribution >= 0.6 is 11.6 Å². The van der Waals surface area contributed by atoms with Crippen LogP contribution < -0.4 is 4.74 Å². The van der Waals surface area contributed by atoms with Gasteiger partial charge >= 0.3 is 5.97 Å². The molecule has 5 heteroatoms. The smallest absolute Gasteiger partial charge is 0.375 e. The Balaban J connectivity index is 1.70. The van der Waals surface area contributed by atoms with E-state index in [4.69, 9.17) is 21.1 Å². The maximum atomic E-state index is 11.6. The predicted molar refractivity (Wildman–Crippen MR) is 82.8 cm³/mol. The molecule has 0 heterocycles. The van der Waals surface area contributed by atoms with Gasteiger partial charge in [0.05, 0.1) is 13.0 Å². The zero-order valence-electron chi connectivity index (χ0n) is 11.8. The Hall–Kier alpha value is -2.33. The van der Waals surface area contributed by atoms with Gasteiger partial charge in [-0.2, -0.15) is 0 Å². The van der Waals surface area contributed by atoms with E-state index in [9.17, 15) is 9.59 Å². The lowest BCUT2D eigenvalue weighted by atomic mass is 10.2. The number of hydrogen-bond acceptors (Lipinski definition) is 4. The molecule has 2 aromatic carbocycles. The Kier molecular flexibility index (Phi) is 5.98. The summed E-state index contributed by atoms with van der Waals surface area (Å²) in [7, 11) is 0. The Bertz CT molecular complexity index is 623. The van der Waals surface area contributed by atoms with E-state index in [1.54, 1.807) is 24.3 Å². The maximum Gasteiger partial charge on any atom is 0.375 e. The van der Waals surface area contributed by atoms with Gasteiger partial charge in [0.15, 0.2) is 0 Å². The van der Waals surface area contributed by atoms with Crippen LogP contribution in [0.3, 0.4) is 0 Å². The number of Topliss-reactive ketones (excluding diaryl/α,β-unsaturated/α-hetero) is 1. The second-order valence-electron chi connectivity index (χ2n) is 4.54. The maximum absolute atomic E-state index is 11.6. The standard InChI is InChI=1S/C17H15ClO4/c18-14-6-8-15(9-7-14)21-11-10-16(19)17(20)22-12-13-4-2-1-3-5-13/h1-9H,10-12H2. The van der Waals surface area contributed by atoms with Gasteiger partial charge in [-0.3, -0.25) is 4.79 Å². The first kappa shape index (κ1) is 16.0. The highest BCUT2D eigenvalue weighted by molar-refractivity contribution is 6.33. The van der Waals surface area contributed by atoms with Crippen LogP contribution in [0.4, 0.5) is 0 Å². The average molecular weight is 319 g/mol. The zero-order chi connectivity index (χ0) is 15.8. The fourth-order valence-electron chi connectivity index (χ4n) is 1.70. The first-order valence-corrected chi connectivity index (χ1v) is 7.15. The lowest BCUT2D eigenvalue weighted by Crippen LogP contribution is -2.19. The van der Waals surface area contributed by atoms with Crippen LogP contribution in [0, 0.1) is 0 Å². The van der Waals surface area contributed by atoms with Crippen LogP contribution in [0.5, 0.6) is 5.75 Å². The number of carbonyl (C=O) groups is 2. The molecule has 0 fully saturated rings. The van der Waals surface area contributed by atoms with Gasteiger partial charge in [0, 0.05) is 5.02 Å². The summed E-state index contributed by atoms with van der Waals surface area (Å²) in [5.74, 6) is -0.858. The van der Waals surface area contributed by atoms with E-state index in [0.717, 1.165) is 5.56 Å². The van der Waals surface area contributed by atoms with Crippen molar-refractivity contribution in [3.05, 3.63) is 65.2 Å². The van der Waals surface area contributed by atoms with Crippen molar-refractivity contribution in [2.24, 2.45) is 0 Å². The fraction of sp³-hybridized carbons (Fsp3) is 0.176. The highest BCUT2D eigenvalue weighted by Gasteiger charge is 2.15. The quantitative estimate of drug-likeness (QED) is 0.580. The van der Waals surface area contributed by atoms with Crippen molar-refractivity contribution in [3.63, 3.8) is 0 Å². The summed E-state index contributed by atoms with van der Waals surface area (Å²) in [5, 5.41) is 0.605. The van der Waals surface area contributed by atoms with Crippen molar-refractivity contribution in [3.8, 4) is 5.75 Å². The molecule has 0 radical (unpaired) electrons. The summed E-state index contributed by atoms with van der Waals surface area (Å²) in [5.41, 5.74) is 0.834. The van der Waals surface area contributed by atoms with Gasteiger partial charge in [0.2, 0.25) is 5.78 Å².